The van der Waals surface area contributed by atoms with Gasteiger partial charge in [-0.25, -0.2) is 12.7 Å². The van der Waals surface area contributed by atoms with Crippen LogP contribution in [0.3, 0.4) is 0 Å². The third-order valence-corrected chi connectivity index (χ3v) is 8.97. The van der Waals surface area contributed by atoms with E-state index in [4.69, 9.17) is 4.74 Å². The summed E-state index contributed by atoms with van der Waals surface area (Å²) in [6.45, 7) is 6.66. The monoisotopic (exact) mass is 422 g/mol. The van der Waals surface area contributed by atoms with E-state index in [-0.39, 0.29) is 23.4 Å². The van der Waals surface area contributed by atoms with Crippen LogP contribution in [0.2, 0.25) is 0 Å². The van der Waals surface area contributed by atoms with E-state index in [9.17, 15) is 13.5 Å². The van der Waals surface area contributed by atoms with Gasteiger partial charge < -0.3 is 9.84 Å². The van der Waals surface area contributed by atoms with Crippen molar-refractivity contribution in [2.75, 3.05) is 39.3 Å². The molecule has 29 heavy (non-hydrogen) atoms. The average molecular weight is 423 g/mol. The molecule has 0 radical (unpaired) electrons. The van der Waals surface area contributed by atoms with Crippen molar-refractivity contribution in [1.82, 2.24) is 9.21 Å². The maximum absolute atomic E-state index is 12.8. The lowest BCUT2D eigenvalue weighted by atomic mass is 9.77. The van der Waals surface area contributed by atoms with Gasteiger partial charge in [0.2, 0.25) is 10.0 Å². The topological polar surface area (TPSA) is 70.1 Å². The van der Waals surface area contributed by atoms with E-state index in [1.807, 2.05) is 30.3 Å². The number of β-amino-alcohol motifs (C(OH)–C–C–N with tert-alkyl or cyclic N) is 1. The molecule has 4 rings (SSSR count). The number of ether oxygens (including phenoxy) is 1. The van der Waals surface area contributed by atoms with Crippen LogP contribution in [0.4, 0.5) is 0 Å². The van der Waals surface area contributed by atoms with Crippen LogP contribution in [0.25, 0.3) is 0 Å². The normalized spacial score (nSPS) is 31.3. The molecule has 0 aromatic heterocycles. The molecule has 1 spiro atoms. The van der Waals surface area contributed by atoms with E-state index in [2.05, 4.69) is 11.8 Å². The smallest absolute Gasteiger partial charge is 0.218 e. The second kappa shape index (κ2) is 8.63. The van der Waals surface area contributed by atoms with Gasteiger partial charge in [-0.2, -0.15) is 0 Å². The van der Waals surface area contributed by atoms with E-state index < -0.39 is 10.0 Å². The summed E-state index contributed by atoms with van der Waals surface area (Å²) >= 11 is 0. The molecular formula is C22H34N2O4S. The molecule has 162 valence electrons. The van der Waals surface area contributed by atoms with Gasteiger partial charge in [0.05, 0.1) is 24.6 Å². The quantitative estimate of drug-likeness (QED) is 0.787. The molecule has 3 aliphatic heterocycles. The van der Waals surface area contributed by atoms with Crippen LogP contribution in [-0.4, -0.2) is 74.3 Å². The fraction of sp³-hybridized carbons (Fsp3) is 0.727. The average Bonchev–Trinajstić information content (AvgIpc) is 3.07. The Kier molecular flexibility index (Phi) is 6.33. The Bertz CT molecular complexity index is 777. The number of rotatable bonds is 5. The zero-order chi connectivity index (χ0) is 20.5. The molecule has 3 atom stereocenters. The largest absolute Gasteiger partial charge is 0.392 e. The summed E-state index contributed by atoms with van der Waals surface area (Å²) in [5.74, 6) is 0.458. The minimum atomic E-state index is -3.27. The molecule has 1 aromatic carbocycles. The zero-order valence-corrected chi connectivity index (χ0v) is 18.2. The van der Waals surface area contributed by atoms with Gasteiger partial charge in [-0.05, 0) is 49.1 Å². The van der Waals surface area contributed by atoms with Crippen molar-refractivity contribution in [2.45, 2.75) is 50.6 Å². The standard InChI is InChI=1S/C22H34N2O4S/c1-18-7-10-23(15-21(18)25)14-20-13-22(17-28-20)8-11-24(12-9-22)29(26,27)16-19-5-3-2-4-6-19/h2-6,18,20-21,25H,7-17H2,1H3/t18-,20-,21-/m1/s1. The third-order valence-electron chi connectivity index (χ3n) is 7.12. The Balaban J connectivity index is 1.28. The van der Waals surface area contributed by atoms with Crippen LogP contribution < -0.4 is 0 Å². The van der Waals surface area contributed by atoms with Crippen molar-refractivity contribution in [2.24, 2.45) is 11.3 Å². The molecule has 0 amide bonds. The number of nitrogens with zero attached hydrogens (tertiary/aromatic N) is 2. The zero-order valence-electron chi connectivity index (χ0n) is 17.4. The van der Waals surface area contributed by atoms with E-state index in [1.165, 1.54) is 0 Å². The highest BCUT2D eigenvalue weighted by molar-refractivity contribution is 7.88. The lowest BCUT2D eigenvalue weighted by Crippen LogP contribution is -2.46. The SMILES string of the molecule is C[C@@H]1CCN(C[C@H]2CC3(CCN(S(=O)(=O)Cc4ccccc4)CC3)CO2)C[C@H]1O. The summed E-state index contributed by atoms with van der Waals surface area (Å²) in [5.41, 5.74) is 0.959. The summed E-state index contributed by atoms with van der Waals surface area (Å²) in [5, 5.41) is 10.1. The van der Waals surface area contributed by atoms with Crippen LogP contribution in [0.1, 0.15) is 38.2 Å². The Morgan fingerprint density at radius 2 is 1.90 bits per heavy atom. The minimum absolute atomic E-state index is 0.0790. The predicted octanol–water partition coefficient (Wildman–Crippen LogP) is 2.09. The van der Waals surface area contributed by atoms with Gasteiger partial charge in [-0.3, -0.25) is 4.90 Å². The van der Waals surface area contributed by atoms with E-state index in [1.54, 1.807) is 4.31 Å². The van der Waals surface area contributed by atoms with Crippen LogP contribution >= 0.6 is 0 Å². The first kappa shape index (κ1) is 21.2. The van der Waals surface area contributed by atoms with Crippen LogP contribution in [0, 0.1) is 11.3 Å². The Morgan fingerprint density at radius 3 is 2.59 bits per heavy atom. The van der Waals surface area contributed by atoms with E-state index in [0.29, 0.717) is 19.0 Å². The highest BCUT2D eigenvalue weighted by atomic mass is 32.2. The Hall–Kier alpha value is -0.990. The number of benzene rings is 1. The van der Waals surface area contributed by atoms with Gasteiger partial charge in [-0.15, -0.1) is 0 Å². The first-order valence-electron chi connectivity index (χ1n) is 10.9. The van der Waals surface area contributed by atoms with Crippen LogP contribution in [-0.2, 0) is 20.5 Å². The summed E-state index contributed by atoms with van der Waals surface area (Å²) in [4.78, 5) is 2.33. The third kappa shape index (κ3) is 5.02. The van der Waals surface area contributed by atoms with Crippen molar-refractivity contribution >= 4 is 10.0 Å². The molecule has 3 aliphatic rings. The molecule has 0 saturated carbocycles. The minimum Gasteiger partial charge on any atom is -0.392 e. The molecule has 0 aliphatic carbocycles. The molecule has 1 aromatic rings. The van der Waals surface area contributed by atoms with Gasteiger partial charge >= 0.3 is 0 Å². The first-order valence-corrected chi connectivity index (χ1v) is 12.5. The van der Waals surface area contributed by atoms with Gasteiger partial charge in [-0.1, -0.05) is 37.3 Å². The predicted molar refractivity (Wildman–Crippen MR) is 113 cm³/mol. The van der Waals surface area contributed by atoms with Gasteiger partial charge in [0.25, 0.3) is 0 Å². The fourth-order valence-corrected chi connectivity index (χ4v) is 6.58. The maximum atomic E-state index is 12.8. The van der Waals surface area contributed by atoms with Crippen molar-refractivity contribution in [3.63, 3.8) is 0 Å². The molecular weight excluding hydrogens is 388 g/mol. The van der Waals surface area contributed by atoms with Crippen LogP contribution in [0.5, 0.6) is 0 Å². The highest BCUT2D eigenvalue weighted by Crippen LogP contribution is 2.43. The number of sulfonamides is 1. The van der Waals surface area contributed by atoms with E-state index in [0.717, 1.165) is 57.5 Å². The first-order chi connectivity index (χ1) is 13.9. The molecule has 3 saturated heterocycles. The van der Waals surface area contributed by atoms with Gasteiger partial charge in [0.1, 0.15) is 0 Å². The highest BCUT2D eigenvalue weighted by Gasteiger charge is 2.44. The fourth-order valence-electron chi connectivity index (χ4n) is 5.04. The summed E-state index contributed by atoms with van der Waals surface area (Å²) in [6, 6.07) is 9.41. The number of hydrogen-bond donors (Lipinski definition) is 1. The molecule has 0 unspecified atom stereocenters. The lowest BCUT2D eigenvalue weighted by molar-refractivity contribution is 0.00123. The summed E-state index contributed by atoms with van der Waals surface area (Å²) in [7, 11) is -3.27. The molecule has 3 heterocycles. The second-order valence-electron chi connectivity index (χ2n) is 9.37. The van der Waals surface area contributed by atoms with Crippen molar-refractivity contribution in [3.05, 3.63) is 35.9 Å². The molecule has 7 heteroatoms. The summed E-state index contributed by atoms with van der Waals surface area (Å²) in [6.07, 6.45) is 3.74. The number of aliphatic hydroxyl groups excluding tert-OH is 1. The Labute approximate surface area is 174 Å². The molecule has 3 fully saturated rings. The second-order valence-corrected chi connectivity index (χ2v) is 11.3. The van der Waals surface area contributed by atoms with Crippen molar-refractivity contribution in [3.8, 4) is 0 Å². The number of aliphatic hydroxyl groups is 1. The molecule has 6 nitrogen and oxygen atoms in total. The van der Waals surface area contributed by atoms with Crippen LogP contribution in [0.15, 0.2) is 30.3 Å². The van der Waals surface area contributed by atoms with Gasteiger partial charge in [0.15, 0.2) is 0 Å². The Morgan fingerprint density at radius 1 is 1.17 bits per heavy atom. The van der Waals surface area contributed by atoms with Crippen molar-refractivity contribution < 1.29 is 18.3 Å². The number of hydrogen-bond acceptors (Lipinski definition) is 5. The molecule has 1 N–H and O–H groups in total. The summed E-state index contributed by atoms with van der Waals surface area (Å²) < 4.78 is 33.4. The number of piperidine rings is 2. The number of likely N-dealkylation sites (tertiary alicyclic amines) is 1. The maximum Gasteiger partial charge on any atom is 0.218 e. The van der Waals surface area contributed by atoms with Gasteiger partial charge in [0, 0.05) is 26.2 Å². The van der Waals surface area contributed by atoms with Crippen molar-refractivity contribution in [1.29, 1.82) is 0 Å². The molecule has 0 bridgehead atoms. The lowest BCUT2D eigenvalue weighted by Gasteiger charge is -2.38. The van der Waals surface area contributed by atoms with E-state index >= 15 is 0 Å².